The minimum Gasteiger partial charge on any atom is -0.497 e. The minimum absolute atomic E-state index is 0.324. The minimum atomic E-state index is -0.569. The second kappa shape index (κ2) is 10.4. The van der Waals surface area contributed by atoms with Gasteiger partial charge in [-0.05, 0) is 64.6 Å². The van der Waals surface area contributed by atoms with Gasteiger partial charge in [-0.1, -0.05) is 50.2 Å². The summed E-state index contributed by atoms with van der Waals surface area (Å²) in [7, 11) is 1.63. The van der Waals surface area contributed by atoms with Crippen molar-refractivity contribution in [3.8, 4) is 5.75 Å². The summed E-state index contributed by atoms with van der Waals surface area (Å²) in [6.07, 6.45) is 3.96. The maximum atomic E-state index is 12.2. The van der Waals surface area contributed by atoms with Gasteiger partial charge in [0.15, 0.2) is 6.61 Å². The van der Waals surface area contributed by atoms with Gasteiger partial charge in [0.25, 0.3) is 5.91 Å². The Morgan fingerprint density at radius 2 is 1.77 bits per heavy atom. The van der Waals surface area contributed by atoms with Crippen molar-refractivity contribution in [2.24, 2.45) is 0 Å². The summed E-state index contributed by atoms with van der Waals surface area (Å²) in [5.41, 5.74) is 2.68. The SMILES string of the molecule is CC[C@H](C)c1ccccc1NC(=O)COC(=O)/C=C/c1ccc2cc(OC)ccc2c1. The van der Waals surface area contributed by atoms with E-state index in [2.05, 4.69) is 19.2 Å². The Hall–Kier alpha value is -3.60. The van der Waals surface area contributed by atoms with Gasteiger partial charge in [0.1, 0.15) is 5.75 Å². The first kappa shape index (κ1) is 22.1. The molecule has 1 N–H and O–H groups in total. The molecule has 0 aliphatic heterocycles. The van der Waals surface area contributed by atoms with Crippen molar-refractivity contribution in [2.45, 2.75) is 26.2 Å². The van der Waals surface area contributed by atoms with Crippen LogP contribution in [0.3, 0.4) is 0 Å². The highest BCUT2D eigenvalue weighted by atomic mass is 16.5. The summed E-state index contributed by atoms with van der Waals surface area (Å²) in [4.78, 5) is 24.3. The highest BCUT2D eigenvalue weighted by Crippen LogP contribution is 2.26. The molecule has 5 heteroatoms. The van der Waals surface area contributed by atoms with Crippen molar-refractivity contribution in [3.63, 3.8) is 0 Å². The molecule has 0 spiro atoms. The average molecular weight is 418 g/mol. The quantitative estimate of drug-likeness (QED) is 0.385. The smallest absolute Gasteiger partial charge is 0.331 e. The highest BCUT2D eigenvalue weighted by Gasteiger charge is 2.12. The van der Waals surface area contributed by atoms with Crippen molar-refractivity contribution in [3.05, 3.63) is 77.9 Å². The van der Waals surface area contributed by atoms with Crippen LogP contribution >= 0.6 is 0 Å². The van der Waals surface area contributed by atoms with E-state index in [1.165, 1.54) is 6.08 Å². The van der Waals surface area contributed by atoms with E-state index in [1.807, 2.05) is 60.7 Å². The number of nitrogens with one attached hydrogen (secondary N) is 1. The number of hydrogen-bond acceptors (Lipinski definition) is 4. The lowest BCUT2D eigenvalue weighted by Crippen LogP contribution is -2.21. The summed E-state index contributed by atoms with van der Waals surface area (Å²) in [5.74, 6) is 0.187. The maximum Gasteiger partial charge on any atom is 0.331 e. The molecular formula is C26H27NO4. The van der Waals surface area contributed by atoms with Crippen molar-refractivity contribution in [1.29, 1.82) is 0 Å². The summed E-state index contributed by atoms with van der Waals surface area (Å²) < 4.78 is 10.3. The van der Waals surface area contributed by atoms with Crippen LogP contribution in [0.2, 0.25) is 0 Å². The van der Waals surface area contributed by atoms with Crippen LogP contribution < -0.4 is 10.1 Å². The Kier molecular flexibility index (Phi) is 7.44. The van der Waals surface area contributed by atoms with Crippen LogP contribution in [0.25, 0.3) is 16.8 Å². The Morgan fingerprint density at radius 3 is 2.55 bits per heavy atom. The number of anilines is 1. The molecule has 1 atom stereocenters. The molecule has 0 fully saturated rings. The molecule has 0 aliphatic carbocycles. The van der Waals surface area contributed by atoms with E-state index in [9.17, 15) is 9.59 Å². The zero-order chi connectivity index (χ0) is 22.2. The Balaban J connectivity index is 1.56. The Labute approximate surface area is 182 Å². The topological polar surface area (TPSA) is 64.6 Å². The van der Waals surface area contributed by atoms with Crippen LogP contribution in [0, 0.1) is 0 Å². The lowest BCUT2D eigenvalue weighted by molar-refractivity contribution is -0.142. The van der Waals surface area contributed by atoms with Crippen molar-refractivity contribution in [2.75, 3.05) is 19.0 Å². The third-order valence-electron chi connectivity index (χ3n) is 5.21. The lowest BCUT2D eigenvalue weighted by Gasteiger charge is -2.15. The highest BCUT2D eigenvalue weighted by molar-refractivity contribution is 5.95. The predicted molar refractivity (Wildman–Crippen MR) is 124 cm³/mol. The monoisotopic (exact) mass is 417 g/mol. The molecule has 0 aromatic heterocycles. The maximum absolute atomic E-state index is 12.2. The lowest BCUT2D eigenvalue weighted by atomic mass is 9.97. The van der Waals surface area contributed by atoms with Crippen molar-refractivity contribution < 1.29 is 19.1 Å². The number of hydrogen-bond donors (Lipinski definition) is 1. The van der Waals surface area contributed by atoms with Crippen LogP contribution in [-0.4, -0.2) is 25.6 Å². The molecule has 1 amide bonds. The van der Waals surface area contributed by atoms with E-state index in [0.29, 0.717) is 5.92 Å². The second-order valence-electron chi connectivity index (χ2n) is 7.36. The number of rotatable bonds is 8. The van der Waals surface area contributed by atoms with Gasteiger partial charge in [0, 0.05) is 11.8 Å². The number of carbonyl (C=O) groups is 2. The predicted octanol–water partition coefficient (Wildman–Crippen LogP) is 5.56. The summed E-state index contributed by atoms with van der Waals surface area (Å²) in [6.45, 7) is 3.87. The number of ether oxygens (including phenoxy) is 2. The van der Waals surface area contributed by atoms with Crippen LogP contribution in [0.5, 0.6) is 5.75 Å². The van der Waals surface area contributed by atoms with Gasteiger partial charge in [-0.15, -0.1) is 0 Å². The zero-order valence-corrected chi connectivity index (χ0v) is 18.1. The van der Waals surface area contributed by atoms with E-state index in [1.54, 1.807) is 13.2 Å². The number of amides is 1. The molecule has 0 bridgehead atoms. The van der Waals surface area contributed by atoms with E-state index in [-0.39, 0.29) is 12.5 Å². The number of carbonyl (C=O) groups excluding carboxylic acids is 2. The third kappa shape index (κ3) is 5.95. The van der Waals surface area contributed by atoms with Crippen LogP contribution in [-0.2, 0) is 14.3 Å². The fourth-order valence-electron chi connectivity index (χ4n) is 3.27. The van der Waals surface area contributed by atoms with Gasteiger partial charge < -0.3 is 14.8 Å². The number of fused-ring (bicyclic) bond motifs is 1. The molecule has 0 radical (unpaired) electrons. The first-order valence-corrected chi connectivity index (χ1v) is 10.3. The summed E-state index contributed by atoms with van der Waals surface area (Å²) in [6, 6.07) is 19.3. The third-order valence-corrected chi connectivity index (χ3v) is 5.21. The molecule has 0 unspecified atom stereocenters. The molecular weight excluding hydrogens is 390 g/mol. The van der Waals surface area contributed by atoms with Crippen LogP contribution in [0.4, 0.5) is 5.69 Å². The van der Waals surface area contributed by atoms with Gasteiger partial charge >= 0.3 is 5.97 Å². The fraction of sp³-hybridized carbons (Fsp3) is 0.231. The van der Waals surface area contributed by atoms with Gasteiger partial charge in [-0.25, -0.2) is 4.79 Å². The Morgan fingerprint density at radius 1 is 1.03 bits per heavy atom. The normalized spacial score (nSPS) is 12.0. The largest absolute Gasteiger partial charge is 0.497 e. The first-order valence-electron chi connectivity index (χ1n) is 10.3. The van der Waals surface area contributed by atoms with Crippen LogP contribution in [0.1, 0.15) is 37.3 Å². The first-order chi connectivity index (χ1) is 15.0. The fourth-order valence-corrected chi connectivity index (χ4v) is 3.27. The van der Waals surface area contributed by atoms with E-state index in [0.717, 1.165) is 39.8 Å². The Bertz CT molecular complexity index is 1100. The summed E-state index contributed by atoms with van der Waals surface area (Å²) >= 11 is 0. The molecule has 0 heterocycles. The molecule has 0 aliphatic rings. The van der Waals surface area contributed by atoms with Crippen molar-refractivity contribution in [1.82, 2.24) is 0 Å². The molecule has 3 rings (SSSR count). The van der Waals surface area contributed by atoms with E-state index >= 15 is 0 Å². The molecule has 0 saturated carbocycles. The molecule has 3 aromatic carbocycles. The number of para-hydroxylation sites is 1. The molecule has 0 saturated heterocycles. The van der Waals surface area contributed by atoms with E-state index < -0.39 is 5.97 Å². The van der Waals surface area contributed by atoms with Gasteiger partial charge in [0.2, 0.25) is 0 Å². The summed E-state index contributed by atoms with van der Waals surface area (Å²) in [5, 5.41) is 4.92. The molecule has 3 aromatic rings. The van der Waals surface area contributed by atoms with Gasteiger partial charge in [-0.2, -0.15) is 0 Å². The number of benzene rings is 3. The molecule has 5 nitrogen and oxygen atoms in total. The van der Waals surface area contributed by atoms with Crippen LogP contribution in [0.15, 0.2) is 66.7 Å². The average Bonchev–Trinajstić information content (AvgIpc) is 2.80. The van der Waals surface area contributed by atoms with Gasteiger partial charge in [0.05, 0.1) is 7.11 Å². The van der Waals surface area contributed by atoms with E-state index in [4.69, 9.17) is 9.47 Å². The number of methoxy groups -OCH3 is 1. The standard InChI is InChI=1S/C26H27NO4/c1-4-18(2)23-7-5-6-8-24(23)27-25(28)17-31-26(29)14-10-19-9-11-21-16-22(30-3)13-12-20(21)15-19/h5-16,18H,4,17H2,1-3H3,(H,27,28)/b14-10+/t18-/m0/s1. The van der Waals surface area contributed by atoms with Crippen molar-refractivity contribution >= 4 is 34.4 Å². The second-order valence-corrected chi connectivity index (χ2v) is 7.36. The molecule has 160 valence electrons. The van der Waals surface area contributed by atoms with Gasteiger partial charge in [-0.3, -0.25) is 4.79 Å². The number of esters is 1. The zero-order valence-electron chi connectivity index (χ0n) is 18.1. The molecule has 31 heavy (non-hydrogen) atoms.